The Morgan fingerprint density at radius 1 is 0.333 bits per heavy atom. The second-order valence-electron chi connectivity index (χ2n) is 15.7. The van der Waals surface area contributed by atoms with Gasteiger partial charge in [-0.3, -0.25) is 0 Å². The number of aryl methyl sites for hydroxylation is 1. The molecule has 1 spiro atoms. The van der Waals surface area contributed by atoms with Gasteiger partial charge in [0.2, 0.25) is 0 Å². The Morgan fingerprint density at radius 2 is 0.772 bits per heavy atom. The maximum atomic E-state index is 2.50. The second-order valence-corrected chi connectivity index (χ2v) is 15.7. The summed E-state index contributed by atoms with van der Waals surface area (Å²) in [7, 11) is 0. The van der Waals surface area contributed by atoms with Gasteiger partial charge in [-0.2, -0.15) is 0 Å². The van der Waals surface area contributed by atoms with Crippen molar-refractivity contribution in [3.63, 3.8) is 0 Å². The van der Waals surface area contributed by atoms with E-state index in [0.29, 0.717) is 0 Å². The molecule has 0 aromatic heterocycles. The van der Waals surface area contributed by atoms with Crippen LogP contribution in [0.25, 0.3) is 65.7 Å². The normalized spacial score (nSPS) is 13.1. The third-order valence-electron chi connectivity index (χ3n) is 12.7. The van der Waals surface area contributed by atoms with Gasteiger partial charge in [0.1, 0.15) is 0 Å². The fourth-order valence-electron chi connectivity index (χ4n) is 10.3. The number of fused-ring (bicyclic) bond motifs is 16. The summed E-state index contributed by atoms with van der Waals surface area (Å²) in [5.74, 6) is 0. The van der Waals surface area contributed by atoms with Crippen LogP contribution in [0.2, 0.25) is 0 Å². The number of benzene rings is 10. The zero-order valence-electron chi connectivity index (χ0n) is 31.6. The zero-order chi connectivity index (χ0) is 37.7. The third kappa shape index (κ3) is 4.46. The molecule has 1 nitrogen and oxygen atoms in total. The van der Waals surface area contributed by atoms with Crippen molar-refractivity contribution in [2.75, 3.05) is 4.90 Å². The van der Waals surface area contributed by atoms with E-state index in [1.807, 2.05) is 0 Å². The van der Waals surface area contributed by atoms with Gasteiger partial charge in [-0.15, -0.1) is 0 Å². The lowest BCUT2D eigenvalue weighted by Gasteiger charge is -2.32. The minimum atomic E-state index is -0.422. The molecule has 266 valence electrons. The SMILES string of the molecule is Cc1ccc(-c2ccc(N(c3ccc4c5ccccc5c5ccccc5c4c3)c3cccc4c3-c3ccccc3C43c4ccccc4-c4ccccc43)cc2)cc1. The van der Waals surface area contributed by atoms with E-state index in [0.717, 1.165) is 11.4 Å². The number of hydrogen-bond acceptors (Lipinski definition) is 1. The van der Waals surface area contributed by atoms with E-state index in [1.54, 1.807) is 0 Å². The molecule has 0 radical (unpaired) electrons. The maximum absolute atomic E-state index is 2.50. The molecule has 10 aromatic rings. The van der Waals surface area contributed by atoms with Crippen molar-refractivity contribution >= 4 is 49.4 Å². The predicted octanol–water partition coefficient (Wildman–Crippen LogP) is 14.9. The molecule has 0 unspecified atom stereocenters. The third-order valence-corrected chi connectivity index (χ3v) is 12.7. The van der Waals surface area contributed by atoms with E-state index in [4.69, 9.17) is 0 Å². The summed E-state index contributed by atoms with van der Waals surface area (Å²) in [5, 5.41) is 7.64. The van der Waals surface area contributed by atoms with Crippen molar-refractivity contribution in [1.29, 1.82) is 0 Å². The molecule has 0 atom stereocenters. The topological polar surface area (TPSA) is 3.24 Å². The molecule has 1 heteroatoms. The van der Waals surface area contributed by atoms with E-state index in [2.05, 4.69) is 218 Å². The minimum absolute atomic E-state index is 0.422. The number of anilines is 3. The summed E-state index contributed by atoms with van der Waals surface area (Å²) in [6.07, 6.45) is 0. The Labute approximate surface area is 332 Å². The maximum Gasteiger partial charge on any atom is 0.0726 e. The quantitative estimate of drug-likeness (QED) is 0.163. The molecule has 2 aliphatic carbocycles. The predicted molar refractivity (Wildman–Crippen MR) is 240 cm³/mol. The van der Waals surface area contributed by atoms with Crippen molar-refractivity contribution in [2.24, 2.45) is 0 Å². The summed E-state index contributed by atoms with van der Waals surface area (Å²) >= 11 is 0. The highest BCUT2D eigenvalue weighted by molar-refractivity contribution is 6.26. The van der Waals surface area contributed by atoms with Crippen LogP contribution < -0.4 is 4.90 Å². The number of rotatable bonds is 4. The van der Waals surface area contributed by atoms with Crippen LogP contribution in [0.3, 0.4) is 0 Å². The highest BCUT2D eigenvalue weighted by Crippen LogP contribution is 2.64. The van der Waals surface area contributed by atoms with Crippen molar-refractivity contribution < 1.29 is 0 Å². The average molecular weight is 724 g/mol. The second kappa shape index (κ2) is 12.1. The Hall–Kier alpha value is -7.22. The zero-order valence-corrected chi connectivity index (χ0v) is 31.6. The molecule has 0 amide bonds. The van der Waals surface area contributed by atoms with E-state index in [-0.39, 0.29) is 0 Å². The molecule has 0 saturated carbocycles. The van der Waals surface area contributed by atoms with Crippen LogP contribution in [0, 0.1) is 6.92 Å². The van der Waals surface area contributed by atoms with Gasteiger partial charge in [0, 0.05) is 16.9 Å². The Morgan fingerprint density at radius 3 is 1.37 bits per heavy atom. The van der Waals surface area contributed by atoms with Gasteiger partial charge in [-0.1, -0.05) is 181 Å². The monoisotopic (exact) mass is 723 g/mol. The molecule has 0 N–H and O–H groups in total. The number of nitrogens with zero attached hydrogens (tertiary/aromatic N) is 1. The van der Waals surface area contributed by atoms with Crippen LogP contribution in [0.15, 0.2) is 206 Å². The van der Waals surface area contributed by atoms with E-state index in [9.17, 15) is 0 Å². The molecule has 2 aliphatic rings. The first-order valence-electron chi connectivity index (χ1n) is 19.9. The Balaban J connectivity index is 1.15. The van der Waals surface area contributed by atoms with Crippen molar-refractivity contribution in [3.05, 3.63) is 234 Å². The lowest BCUT2D eigenvalue weighted by molar-refractivity contribution is 0.794. The van der Waals surface area contributed by atoms with E-state index in [1.165, 1.54) is 99.2 Å². The fraction of sp³-hybridized carbons (Fsp3) is 0.0357. The van der Waals surface area contributed by atoms with Crippen LogP contribution >= 0.6 is 0 Å². The Kier molecular flexibility index (Phi) is 6.83. The molecule has 12 rings (SSSR count). The van der Waals surface area contributed by atoms with Crippen molar-refractivity contribution in [2.45, 2.75) is 12.3 Å². The van der Waals surface area contributed by atoms with Gasteiger partial charge >= 0.3 is 0 Å². The lowest BCUT2D eigenvalue weighted by Crippen LogP contribution is -2.26. The summed E-state index contributed by atoms with van der Waals surface area (Å²) in [6, 6.07) is 77.0. The van der Waals surface area contributed by atoms with Crippen LogP contribution in [-0.2, 0) is 5.41 Å². The molecule has 0 fully saturated rings. The first-order valence-corrected chi connectivity index (χ1v) is 19.9. The Bertz CT molecular complexity index is 3160. The molecule has 0 bridgehead atoms. The largest absolute Gasteiger partial charge is 0.310 e. The highest BCUT2D eigenvalue weighted by atomic mass is 15.1. The van der Waals surface area contributed by atoms with Gasteiger partial charge in [0.25, 0.3) is 0 Å². The summed E-state index contributed by atoms with van der Waals surface area (Å²) < 4.78 is 0. The standard InChI is InChI=1S/C56H37N/c1-36-25-27-37(28-26-36)38-29-31-39(32-30-38)57(40-33-34-45-43-15-3-2-13-41(43)42-14-4-5-16-44(42)49(45)35-40)54-24-12-23-53-55(54)48-19-8-11-22-52(48)56(53)50-20-9-6-17-46(50)47-18-7-10-21-51(47)56/h2-35H,1H3. The molecular weight excluding hydrogens is 687 g/mol. The van der Waals surface area contributed by atoms with Crippen molar-refractivity contribution in [1.82, 2.24) is 0 Å². The van der Waals surface area contributed by atoms with Gasteiger partial charge in [-0.05, 0) is 120 Å². The van der Waals surface area contributed by atoms with Gasteiger partial charge in [0.05, 0.1) is 11.1 Å². The molecule has 0 aliphatic heterocycles. The molecule has 10 aromatic carbocycles. The van der Waals surface area contributed by atoms with Crippen LogP contribution in [0.1, 0.15) is 27.8 Å². The summed E-state index contributed by atoms with van der Waals surface area (Å²) in [4.78, 5) is 2.50. The first-order chi connectivity index (χ1) is 28.2. The van der Waals surface area contributed by atoms with E-state index < -0.39 is 5.41 Å². The van der Waals surface area contributed by atoms with Gasteiger partial charge in [0.15, 0.2) is 0 Å². The van der Waals surface area contributed by atoms with E-state index >= 15 is 0 Å². The van der Waals surface area contributed by atoms with Crippen LogP contribution in [-0.4, -0.2) is 0 Å². The van der Waals surface area contributed by atoms with Crippen LogP contribution in [0.5, 0.6) is 0 Å². The lowest BCUT2D eigenvalue weighted by atomic mass is 9.70. The van der Waals surface area contributed by atoms with Gasteiger partial charge < -0.3 is 4.90 Å². The van der Waals surface area contributed by atoms with Crippen LogP contribution in [0.4, 0.5) is 17.1 Å². The fourth-order valence-corrected chi connectivity index (χ4v) is 10.3. The molecule has 0 heterocycles. The summed E-state index contributed by atoms with van der Waals surface area (Å²) in [5.41, 5.74) is 17.3. The average Bonchev–Trinajstić information content (AvgIpc) is 3.75. The minimum Gasteiger partial charge on any atom is -0.310 e. The first kappa shape index (κ1) is 32.1. The summed E-state index contributed by atoms with van der Waals surface area (Å²) in [6.45, 7) is 2.14. The van der Waals surface area contributed by atoms with Gasteiger partial charge in [-0.25, -0.2) is 0 Å². The molecule has 0 saturated heterocycles. The smallest absolute Gasteiger partial charge is 0.0726 e. The molecular formula is C56H37N. The van der Waals surface area contributed by atoms with Crippen molar-refractivity contribution in [3.8, 4) is 33.4 Å². The molecule has 57 heavy (non-hydrogen) atoms. The highest BCUT2D eigenvalue weighted by Gasteiger charge is 2.52. The number of hydrogen-bond donors (Lipinski definition) is 0.